The molecule has 2 aliphatic rings. The first kappa shape index (κ1) is 17.1. The molecule has 1 saturated carbocycles. The molecule has 1 aliphatic carbocycles. The first-order valence-corrected chi connectivity index (χ1v) is 8.26. The minimum atomic E-state index is -4.31. The van der Waals surface area contributed by atoms with E-state index in [0.29, 0.717) is 31.4 Å². The third-order valence-electron chi connectivity index (χ3n) is 4.77. The van der Waals surface area contributed by atoms with Gasteiger partial charge in [0, 0.05) is 6.54 Å². The molecule has 0 saturated heterocycles. The fourth-order valence-electron chi connectivity index (χ4n) is 3.36. The van der Waals surface area contributed by atoms with Gasteiger partial charge in [0.15, 0.2) is 5.96 Å². The minimum absolute atomic E-state index is 0.0168. The quantitative estimate of drug-likeness (QED) is 0.789. The second-order valence-corrected chi connectivity index (χ2v) is 6.66. The van der Waals surface area contributed by atoms with Crippen LogP contribution in [0.4, 0.5) is 13.2 Å². The molecule has 3 N–H and O–H groups in total. The van der Waals surface area contributed by atoms with Crippen molar-refractivity contribution in [3.63, 3.8) is 0 Å². The van der Waals surface area contributed by atoms with Gasteiger partial charge in [0.1, 0.15) is 0 Å². The van der Waals surface area contributed by atoms with Gasteiger partial charge in [0.2, 0.25) is 0 Å². The van der Waals surface area contributed by atoms with Crippen molar-refractivity contribution in [2.24, 2.45) is 4.99 Å². The summed E-state index contributed by atoms with van der Waals surface area (Å²) in [6.07, 6.45) is -2.49. The van der Waals surface area contributed by atoms with E-state index in [1.165, 1.54) is 12.1 Å². The largest absolute Gasteiger partial charge is 0.416 e. The van der Waals surface area contributed by atoms with Gasteiger partial charge in [-0.2, -0.15) is 13.2 Å². The summed E-state index contributed by atoms with van der Waals surface area (Å²) in [6, 6.07) is 5.83. The van der Waals surface area contributed by atoms with Crippen molar-refractivity contribution in [1.29, 1.82) is 0 Å². The maximum absolute atomic E-state index is 12.8. The molecule has 0 bridgehead atoms. The Morgan fingerprint density at radius 2 is 2.17 bits per heavy atom. The number of benzene rings is 1. The zero-order valence-corrected chi connectivity index (χ0v) is 13.5. The van der Waals surface area contributed by atoms with E-state index >= 15 is 0 Å². The van der Waals surface area contributed by atoms with E-state index in [1.54, 1.807) is 6.07 Å². The van der Waals surface area contributed by atoms with Crippen molar-refractivity contribution in [1.82, 2.24) is 10.6 Å². The highest BCUT2D eigenvalue weighted by Crippen LogP contribution is 2.31. The van der Waals surface area contributed by atoms with E-state index in [9.17, 15) is 18.3 Å². The van der Waals surface area contributed by atoms with Crippen molar-refractivity contribution >= 4 is 5.96 Å². The monoisotopic (exact) mass is 341 g/mol. The Bertz CT molecular complexity index is 617. The lowest BCUT2D eigenvalue weighted by Gasteiger charge is -2.16. The van der Waals surface area contributed by atoms with Gasteiger partial charge in [-0.25, -0.2) is 4.99 Å². The molecule has 24 heavy (non-hydrogen) atoms. The van der Waals surface area contributed by atoms with Gasteiger partial charge in [0.25, 0.3) is 0 Å². The summed E-state index contributed by atoms with van der Waals surface area (Å²) in [7, 11) is 0. The highest BCUT2D eigenvalue weighted by atomic mass is 19.4. The molecule has 0 spiro atoms. The molecule has 0 aromatic heterocycles. The first-order valence-electron chi connectivity index (χ1n) is 8.26. The summed E-state index contributed by atoms with van der Waals surface area (Å²) in [5.74, 6) is 0.747. The molecule has 3 rings (SSSR count). The Balaban J connectivity index is 1.50. The lowest BCUT2D eigenvalue weighted by molar-refractivity contribution is -0.137. The Morgan fingerprint density at radius 3 is 2.88 bits per heavy atom. The molecule has 132 valence electrons. The molecule has 1 aromatic rings. The molecule has 0 amide bonds. The molecule has 1 heterocycles. The Labute approximate surface area is 139 Å². The van der Waals surface area contributed by atoms with Gasteiger partial charge in [-0.05, 0) is 36.8 Å². The van der Waals surface area contributed by atoms with Gasteiger partial charge in [-0.15, -0.1) is 0 Å². The summed E-state index contributed by atoms with van der Waals surface area (Å²) < 4.78 is 38.3. The van der Waals surface area contributed by atoms with Crippen LogP contribution >= 0.6 is 0 Å². The van der Waals surface area contributed by atoms with Gasteiger partial charge >= 0.3 is 6.18 Å². The van der Waals surface area contributed by atoms with Crippen LogP contribution in [-0.2, 0) is 6.18 Å². The molecule has 1 aliphatic heterocycles. The number of aliphatic hydroxyl groups is 1. The standard InChI is InChI=1S/C17H22F3N3O/c1-10(11-3-2-4-12(7-11)17(18,19)20)5-6-21-16-22-14-8-13(24)9-15(14)23-16/h2-4,7,10,13-15,24H,5-6,8-9H2,1H3,(H2,21,22,23)/t10?,13?,14-,15+. The van der Waals surface area contributed by atoms with Gasteiger partial charge in [-0.1, -0.05) is 25.1 Å². The van der Waals surface area contributed by atoms with Crippen molar-refractivity contribution in [3.8, 4) is 0 Å². The highest BCUT2D eigenvalue weighted by Gasteiger charge is 2.37. The summed E-state index contributed by atoms with van der Waals surface area (Å²) in [5.41, 5.74) is 0.0842. The maximum Gasteiger partial charge on any atom is 0.416 e. The van der Waals surface area contributed by atoms with E-state index in [1.807, 2.05) is 6.92 Å². The number of fused-ring (bicyclic) bond motifs is 1. The zero-order chi connectivity index (χ0) is 17.3. The minimum Gasteiger partial charge on any atom is -0.393 e. The Hall–Kier alpha value is -1.76. The van der Waals surface area contributed by atoms with Gasteiger partial charge in [-0.3, -0.25) is 0 Å². The Kier molecular flexibility index (Phi) is 4.71. The number of hydrogen-bond donors (Lipinski definition) is 3. The van der Waals surface area contributed by atoms with E-state index in [-0.39, 0.29) is 24.1 Å². The fourth-order valence-corrected chi connectivity index (χ4v) is 3.36. The number of alkyl halides is 3. The molecule has 7 heteroatoms. The fraction of sp³-hybridized carbons (Fsp3) is 0.588. The van der Waals surface area contributed by atoms with Crippen LogP contribution < -0.4 is 10.6 Å². The summed E-state index contributed by atoms with van der Waals surface area (Å²) in [5, 5.41) is 16.0. The summed E-state index contributed by atoms with van der Waals surface area (Å²) in [4.78, 5) is 4.50. The highest BCUT2D eigenvalue weighted by molar-refractivity contribution is 5.82. The number of guanidine groups is 1. The van der Waals surface area contributed by atoms with Crippen molar-refractivity contribution in [2.75, 3.05) is 6.54 Å². The topological polar surface area (TPSA) is 56.7 Å². The number of hydrogen-bond acceptors (Lipinski definition) is 4. The number of aliphatic imine (C=N–C) groups is 1. The number of rotatable bonds is 4. The van der Waals surface area contributed by atoms with Crippen molar-refractivity contribution in [2.45, 2.75) is 56.5 Å². The average molecular weight is 341 g/mol. The summed E-state index contributed by atoms with van der Waals surface area (Å²) in [6.45, 7) is 2.55. The number of nitrogens with zero attached hydrogens (tertiary/aromatic N) is 1. The average Bonchev–Trinajstić information content (AvgIpc) is 3.03. The number of aliphatic hydroxyl groups excluding tert-OH is 1. The SMILES string of the molecule is CC(CCNC1=N[C@@H]2CC(O)C[C@@H]2N1)c1cccc(C(F)(F)F)c1. The van der Waals surface area contributed by atoms with Gasteiger partial charge in [0.05, 0.1) is 23.8 Å². The maximum atomic E-state index is 12.8. The van der Waals surface area contributed by atoms with Gasteiger partial charge < -0.3 is 15.7 Å². The lowest BCUT2D eigenvalue weighted by Crippen LogP contribution is -2.39. The van der Waals surface area contributed by atoms with Crippen LogP contribution in [0.2, 0.25) is 0 Å². The van der Waals surface area contributed by atoms with Crippen LogP contribution in [0.3, 0.4) is 0 Å². The van der Waals surface area contributed by atoms with E-state index < -0.39 is 11.7 Å². The van der Waals surface area contributed by atoms with E-state index in [4.69, 9.17) is 0 Å². The van der Waals surface area contributed by atoms with E-state index in [0.717, 1.165) is 12.0 Å². The van der Waals surface area contributed by atoms with Crippen LogP contribution in [0.25, 0.3) is 0 Å². The zero-order valence-electron chi connectivity index (χ0n) is 13.5. The van der Waals surface area contributed by atoms with Crippen LogP contribution in [0.15, 0.2) is 29.3 Å². The Morgan fingerprint density at radius 1 is 1.38 bits per heavy atom. The van der Waals surface area contributed by atoms with Crippen LogP contribution in [0, 0.1) is 0 Å². The lowest BCUT2D eigenvalue weighted by atomic mass is 9.96. The third-order valence-corrected chi connectivity index (χ3v) is 4.77. The predicted molar refractivity (Wildman–Crippen MR) is 85.9 cm³/mol. The van der Waals surface area contributed by atoms with Crippen LogP contribution in [-0.4, -0.2) is 35.8 Å². The number of halogens is 3. The molecular weight excluding hydrogens is 319 g/mol. The molecule has 2 unspecified atom stereocenters. The molecule has 4 nitrogen and oxygen atoms in total. The predicted octanol–water partition coefficient (Wildman–Crippen LogP) is 2.64. The van der Waals surface area contributed by atoms with Crippen molar-refractivity contribution in [3.05, 3.63) is 35.4 Å². The van der Waals surface area contributed by atoms with Crippen LogP contribution in [0.5, 0.6) is 0 Å². The molecule has 1 aromatic carbocycles. The number of nitrogens with one attached hydrogen (secondary N) is 2. The molecule has 4 atom stereocenters. The second-order valence-electron chi connectivity index (χ2n) is 6.66. The first-order chi connectivity index (χ1) is 11.3. The molecule has 0 radical (unpaired) electrons. The normalized spacial score (nSPS) is 27.4. The molecule has 1 fully saturated rings. The smallest absolute Gasteiger partial charge is 0.393 e. The van der Waals surface area contributed by atoms with E-state index in [2.05, 4.69) is 15.6 Å². The van der Waals surface area contributed by atoms with Crippen LogP contribution in [0.1, 0.15) is 43.2 Å². The summed E-state index contributed by atoms with van der Waals surface area (Å²) >= 11 is 0. The molecular formula is C17H22F3N3O. The third kappa shape index (κ3) is 3.83. The van der Waals surface area contributed by atoms with Crippen molar-refractivity contribution < 1.29 is 18.3 Å². The second kappa shape index (κ2) is 6.63.